The summed E-state index contributed by atoms with van der Waals surface area (Å²) in [7, 11) is 1.43. The van der Waals surface area contributed by atoms with Gasteiger partial charge in [0.1, 0.15) is 12.4 Å². The van der Waals surface area contributed by atoms with Crippen molar-refractivity contribution in [2.45, 2.75) is 18.8 Å². The maximum atomic E-state index is 12.2. The zero-order valence-electron chi connectivity index (χ0n) is 19.2. The molecule has 0 atom stereocenters. The number of carbonyl (C=O) groups excluding carboxylic acids is 2. The van der Waals surface area contributed by atoms with Crippen LogP contribution in [-0.2, 0) is 9.53 Å². The van der Waals surface area contributed by atoms with Crippen molar-refractivity contribution in [2.75, 3.05) is 25.6 Å². The van der Waals surface area contributed by atoms with E-state index in [0.29, 0.717) is 12.2 Å². The number of carbonyl (C=O) groups is 3. The Bertz CT molecular complexity index is 1210. The first-order valence-corrected chi connectivity index (χ1v) is 11.3. The van der Waals surface area contributed by atoms with Crippen LogP contribution in [0.15, 0.2) is 66.7 Å². The second-order valence-electron chi connectivity index (χ2n) is 8.12. The number of carboxylic acids is 1. The highest BCUT2D eigenvalue weighted by Gasteiger charge is 2.28. The average molecular weight is 475 g/mol. The van der Waals surface area contributed by atoms with Crippen molar-refractivity contribution >= 4 is 23.7 Å². The van der Waals surface area contributed by atoms with E-state index in [1.807, 2.05) is 24.3 Å². The molecule has 8 nitrogen and oxygen atoms in total. The van der Waals surface area contributed by atoms with Crippen molar-refractivity contribution in [3.05, 3.63) is 83.4 Å². The van der Waals surface area contributed by atoms with Gasteiger partial charge >= 0.3 is 12.1 Å². The lowest BCUT2D eigenvalue weighted by molar-refractivity contribution is -0.116. The Labute approximate surface area is 202 Å². The number of methoxy groups -OCH3 is 1. The predicted octanol–water partition coefficient (Wildman–Crippen LogP) is 4.65. The number of hydrogen-bond acceptors (Lipinski definition) is 5. The highest BCUT2D eigenvalue weighted by atomic mass is 16.5. The number of ether oxygens (including phenoxy) is 2. The SMILES string of the molecule is COc1ccc(NC(=O)CCCNC(=O)OCC2c3ccccc3-c3ccccc32)c(C(=O)O)c1. The first-order valence-electron chi connectivity index (χ1n) is 11.3. The Kier molecular flexibility index (Phi) is 7.30. The molecule has 35 heavy (non-hydrogen) atoms. The van der Waals surface area contributed by atoms with E-state index < -0.39 is 12.1 Å². The zero-order valence-corrected chi connectivity index (χ0v) is 19.2. The summed E-state index contributed by atoms with van der Waals surface area (Å²) in [5.41, 5.74) is 4.72. The van der Waals surface area contributed by atoms with Crippen LogP contribution in [0.2, 0.25) is 0 Å². The molecule has 0 saturated carbocycles. The van der Waals surface area contributed by atoms with Gasteiger partial charge < -0.3 is 25.2 Å². The Morgan fingerprint density at radius 1 is 0.943 bits per heavy atom. The van der Waals surface area contributed by atoms with Crippen molar-refractivity contribution in [3.63, 3.8) is 0 Å². The molecule has 3 N–H and O–H groups in total. The van der Waals surface area contributed by atoms with Crippen LogP contribution < -0.4 is 15.4 Å². The lowest BCUT2D eigenvalue weighted by Gasteiger charge is -2.14. The molecular weight excluding hydrogens is 448 g/mol. The van der Waals surface area contributed by atoms with Crippen LogP contribution in [0.5, 0.6) is 5.75 Å². The highest BCUT2D eigenvalue weighted by molar-refractivity contribution is 6.00. The Morgan fingerprint density at radius 2 is 1.60 bits per heavy atom. The quantitative estimate of drug-likeness (QED) is 0.389. The van der Waals surface area contributed by atoms with Gasteiger partial charge in [0.05, 0.1) is 18.4 Å². The fraction of sp³-hybridized carbons (Fsp3) is 0.222. The number of alkyl carbamates (subject to hydrolysis) is 1. The molecule has 0 radical (unpaired) electrons. The van der Waals surface area contributed by atoms with Crippen molar-refractivity contribution in [1.82, 2.24) is 5.32 Å². The van der Waals surface area contributed by atoms with Gasteiger partial charge in [-0.05, 0) is 46.9 Å². The van der Waals surface area contributed by atoms with Gasteiger partial charge in [-0.2, -0.15) is 0 Å². The van der Waals surface area contributed by atoms with Crippen LogP contribution in [0.3, 0.4) is 0 Å². The van der Waals surface area contributed by atoms with Gasteiger partial charge in [-0.3, -0.25) is 4.79 Å². The van der Waals surface area contributed by atoms with Crippen molar-refractivity contribution in [3.8, 4) is 16.9 Å². The summed E-state index contributed by atoms with van der Waals surface area (Å²) in [5.74, 6) is -1.16. The molecule has 180 valence electrons. The van der Waals surface area contributed by atoms with Gasteiger partial charge in [-0.1, -0.05) is 48.5 Å². The topological polar surface area (TPSA) is 114 Å². The Balaban J connectivity index is 1.23. The fourth-order valence-electron chi connectivity index (χ4n) is 4.24. The van der Waals surface area contributed by atoms with E-state index in [1.54, 1.807) is 6.07 Å². The van der Waals surface area contributed by atoms with Gasteiger partial charge in [0, 0.05) is 18.9 Å². The zero-order chi connectivity index (χ0) is 24.8. The number of amides is 2. The van der Waals surface area contributed by atoms with E-state index in [4.69, 9.17) is 9.47 Å². The number of rotatable bonds is 9. The summed E-state index contributed by atoms with van der Waals surface area (Å²) in [6, 6.07) is 20.6. The molecule has 0 aliphatic heterocycles. The van der Waals surface area contributed by atoms with Gasteiger partial charge in [-0.25, -0.2) is 9.59 Å². The molecule has 0 bridgehead atoms. The fourth-order valence-corrected chi connectivity index (χ4v) is 4.24. The minimum atomic E-state index is -1.17. The van der Waals surface area contributed by atoms with Gasteiger partial charge in [0.15, 0.2) is 0 Å². The number of hydrogen-bond donors (Lipinski definition) is 3. The smallest absolute Gasteiger partial charge is 0.407 e. The minimum absolute atomic E-state index is 0.0214. The largest absolute Gasteiger partial charge is 0.497 e. The first kappa shape index (κ1) is 23.8. The highest BCUT2D eigenvalue weighted by Crippen LogP contribution is 2.44. The molecule has 2 amide bonds. The van der Waals surface area contributed by atoms with E-state index in [0.717, 1.165) is 22.3 Å². The molecule has 0 saturated heterocycles. The molecule has 3 aromatic rings. The maximum absolute atomic E-state index is 12.2. The summed E-state index contributed by atoms with van der Waals surface area (Å²) in [6.45, 7) is 0.467. The maximum Gasteiger partial charge on any atom is 0.407 e. The third-order valence-electron chi connectivity index (χ3n) is 5.92. The average Bonchev–Trinajstić information content (AvgIpc) is 3.19. The van der Waals surface area contributed by atoms with Gasteiger partial charge in [0.2, 0.25) is 5.91 Å². The summed E-state index contributed by atoms with van der Waals surface area (Å²) in [5, 5.41) is 14.6. The Hall–Kier alpha value is -4.33. The number of fused-ring (bicyclic) bond motifs is 3. The third kappa shape index (κ3) is 5.43. The monoisotopic (exact) mass is 474 g/mol. The van der Waals surface area contributed by atoms with E-state index in [2.05, 4.69) is 34.9 Å². The van der Waals surface area contributed by atoms with E-state index in [9.17, 15) is 19.5 Å². The number of anilines is 1. The third-order valence-corrected chi connectivity index (χ3v) is 5.92. The van der Waals surface area contributed by atoms with Crippen LogP contribution in [-0.4, -0.2) is 43.3 Å². The molecule has 1 aliphatic rings. The summed E-state index contributed by atoms with van der Waals surface area (Å²) in [4.78, 5) is 35.9. The predicted molar refractivity (Wildman–Crippen MR) is 131 cm³/mol. The molecule has 8 heteroatoms. The van der Waals surface area contributed by atoms with Crippen LogP contribution in [0.4, 0.5) is 10.5 Å². The minimum Gasteiger partial charge on any atom is -0.497 e. The molecule has 4 rings (SSSR count). The van der Waals surface area contributed by atoms with Crippen LogP contribution in [0.25, 0.3) is 11.1 Å². The van der Waals surface area contributed by atoms with E-state index >= 15 is 0 Å². The van der Waals surface area contributed by atoms with Crippen LogP contribution in [0, 0.1) is 0 Å². The van der Waals surface area contributed by atoms with E-state index in [1.165, 1.54) is 19.2 Å². The van der Waals surface area contributed by atoms with Crippen molar-refractivity contribution < 1.29 is 29.0 Å². The second kappa shape index (κ2) is 10.7. The molecule has 0 heterocycles. The second-order valence-corrected chi connectivity index (χ2v) is 8.12. The number of benzene rings is 3. The molecule has 1 aliphatic carbocycles. The molecular formula is C27H26N2O6. The number of aromatic carboxylic acids is 1. The first-order chi connectivity index (χ1) is 17.0. The lowest BCUT2D eigenvalue weighted by Crippen LogP contribution is -2.27. The van der Waals surface area contributed by atoms with Gasteiger partial charge in [-0.15, -0.1) is 0 Å². The molecule has 0 fully saturated rings. The summed E-state index contributed by atoms with van der Waals surface area (Å²) >= 11 is 0. The molecule has 3 aromatic carbocycles. The summed E-state index contributed by atoms with van der Waals surface area (Å²) in [6.07, 6.45) is -0.0702. The summed E-state index contributed by atoms with van der Waals surface area (Å²) < 4.78 is 10.5. The van der Waals surface area contributed by atoms with E-state index in [-0.39, 0.29) is 42.6 Å². The van der Waals surface area contributed by atoms with Crippen molar-refractivity contribution in [1.29, 1.82) is 0 Å². The number of nitrogens with one attached hydrogen (secondary N) is 2. The van der Waals surface area contributed by atoms with Crippen molar-refractivity contribution in [2.24, 2.45) is 0 Å². The number of carboxylic acid groups (broad SMARTS) is 1. The van der Waals surface area contributed by atoms with Gasteiger partial charge in [0.25, 0.3) is 0 Å². The molecule has 0 aromatic heterocycles. The van der Waals surface area contributed by atoms with Crippen LogP contribution >= 0.6 is 0 Å². The standard InChI is InChI=1S/C27H26N2O6/c1-34-17-12-13-24(22(15-17)26(31)32)29-25(30)11-6-14-28-27(33)35-16-23-20-9-4-2-7-18(20)19-8-3-5-10-21(19)23/h2-5,7-10,12-13,15,23H,6,11,14,16H2,1H3,(H,28,33)(H,29,30)(H,31,32). The normalized spacial score (nSPS) is 11.8. The molecule has 0 unspecified atom stereocenters. The van der Waals surface area contributed by atoms with Crippen LogP contribution in [0.1, 0.15) is 40.2 Å². The Morgan fingerprint density at radius 3 is 2.23 bits per heavy atom. The molecule has 0 spiro atoms. The lowest BCUT2D eigenvalue weighted by atomic mass is 9.98.